The highest BCUT2D eigenvalue weighted by Crippen LogP contribution is 2.23. The van der Waals surface area contributed by atoms with Crippen molar-refractivity contribution in [3.8, 4) is 0 Å². The van der Waals surface area contributed by atoms with Crippen LogP contribution >= 0.6 is 0 Å². The Morgan fingerprint density at radius 1 is 0.781 bits per heavy atom. The van der Waals surface area contributed by atoms with Crippen molar-refractivity contribution in [3.05, 3.63) is 88.8 Å². The second-order valence-electron chi connectivity index (χ2n) is 7.69. The molecule has 1 aliphatic heterocycles. The molecule has 0 spiro atoms. The summed E-state index contributed by atoms with van der Waals surface area (Å²) in [6, 6.07) is 21.2. The number of hydrogen-bond donors (Lipinski definition) is 0. The number of nitrogens with zero attached hydrogens (tertiary/aromatic N) is 2. The van der Waals surface area contributed by atoms with Gasteiger partial charge in [0.15, 0.2) is 0 Å². The SMILES string of the molecule is O=C(c1cc2ccccc2oc1=O)N1CCN(S(=O)(=O)c2ccc3ccccc3c2)CC1. The number of hydrogen-bond acceptors (Lipinski definition) is 5. The molecule has 1 aromatic heterocycles. The van der Waals surface area contributed by atoms with E-state index < -0.39 is 21.6 Å². The molecule has 0 N–H and O–H groups in total. The number of piperazine rings is 1. The number of fused-ring (bicyclic) bond motifs is 2. The van der Waals surface area contributed by atoms with Crippen LogP contribution in [0.25, 0.3) is 21.7 Å². The Morgan fingerprint density at radius 3 is 2.19 bits per heavy atom. The van der Waals surface area contributed by atoms with Crippen LogP contribution in [0.1, 0.15) is 10.4 Å². The van der Waals surface area contributed by atoms with Gasteiger partial charge in [-0.05, 0) is 35.0 Å². The van der Waals surface area contributed by atoms with Crippen LogP contribution in [0.15, 0.2) is 86.9 Å². The zero-order valence-electron chi connectivity index (χ0n) is 17.1. The minimum absolute atomic E-state index is 0.0467. The Labute approximate surface area is 184 Å². The summed E-state index contributed by atoms with van der Waals surface area (Å²) in [5.41, 5.74) is -0.324. The third-order valence-corrected chi connectivity index (χ3v) is 7.65. The van der Waals surface area contributed by atoms with Gasteiger partial charge in [-0.3, -0.25) is 4.79 Å². The average Bonchev–Trinajstić information content (AvgIpc) is 2.83. The largest absolute Gasteiger partial charge is 0.422 e. The molecule has 32 heavy (non-hydrogen) atoms. The summed E-state index contributed by atoms with van der Waals surface area (Å²) >= 11 is 0. The summed E-state index contributed by atoms with van der Waals surface area (Å²) in [6.45, 7) is 0.690. The molecule has 0 atom stereocenters. The van der Waals surface area contributed by atoms with E-state index in [1.807, 2.05) is 24.3 Å². The van der Waals surface area contributed by atoms with Crippen molar-refractivity contribution in [1.82, 2.24) is 9.21 Å². The molecule has 5 rings (SSSR count). The normalized spacial score (nSPS) is 15.3. The molecule has 8 heteroatoms. The Kier molecular flexibility index (Phi) is 5.03. The average molecular weight is 449 g/mol. The van der Waals surface area contributed by atoms with Crippen molar-refractivity contribution in [2.75, 3.05) is 26.2 Å². The summed E-state index contributed by atoms with van der Waals surface area (Å²) in [6.07, 6.45) is 0. The van der Waals surface area contributed by atoms with Crippen LogP contribution in [0, 0.1) is 0 Å². The molecule has 1 saturated heterocycles. The van der Waals surface area contributed by atoms with Crippen LogP contribution in [0.2, 0.25) is 0 Å². The molecule has 0 unspecified atom stereocenters. The third-order valence-electron chi connectivity index (χ3n) is 5.76. The van der Waals surface area contributed by atoms with Crippen LogP contribution in [-0.2, 0) is 10.0 Å². The van der Waals surface area contributed by atoms with E-state index in [0.717, 1.165) is 10.8 Å². The van der Waals surface area contributed by atoms with Crippen LogP contribution in [0.5, 0.6) is 0 Å². The van der Waals surface area contributed by atoms with Crippen molar-refractivity contribution in [2.45, 2.75) is 4.90 Å². The molecule has 1 aliphatic rings. The first-order chi connectivity index (χ1) is 15.4. The number of carbonyl (C=O) groups is 1. The first-order valence-electron chi connectivity index (χ1n) is 10.2. The number of carbonyl (C=O) groups excluding carboxylic acids is 1. The lowest BCUT2D eigenvalue weighted by Gasteiger charge is -2.33. The fraction of sp³-hybridized carbons (Fsp3) is 0.167. The van der Waals surface area contributed by atoms with Gasteiger partial charge in [0.1, 0.15) is 11.1 Å². The summed E-state index contributed by atoms with van der Waals surface area (Å²) in [5, 5.41) is 2.48. The number of benzene rings is 3. The zero-order chi connectivity index (χ0) is 22.3. The van der Waals surface area contributed by atoms with Gasteiger partial charge in [0.25, 0.3) is 5.91 Å². The van der Waals surface area contributed by atoms with Gasteiger partial charge in [0.2, 0.25) is 10.0 Å². The van der Waals surface area contributed by atoms with Gasteiger partial charge in [0.05, 0.1) is 4.90 Å². The quantitative estimate of drug-likeness (QED) is 0.450. The molecule has 162 valence electrons. The van der Waals surface area contributed by atoms with E-state index in [4.69, 9.17) is 4.42 Å². The summed E-state index contributed by atoms with van der Waals surface area (Å²) < 4.78 is 32.9. The smallest absolute Gasteiger partial charge is 0.349 e. The van der Waals surface area contributed by atoms with Crippen molar-refractivity contribution >= 4 is 37.7 Å². The standard InChI is InChI=1S/C24H20N2O5S/c27-23(21-16-19-7-3-4-8-22(19)31-24(21)28)25-11-13-26(14-12-25)32(29,30)20-10-9-17-5-1-2-6-18(17)15-20/h1-10,15-16H,11-14H2. The Morgan fingerprint density at radius 2 is 1.44 bits per heavy atom. The van der Waals surface area contributed by atoms with Gasteiger partial charge < -0.3 is 9.32 Å². The number of sulfonamides is 1. The van der Waals surface area contributed by atoms with Crippen LogP contribution < -0.4 is 5.63 Å². The van der Waals surface area contributed by atoms with Crippen LogP contribution in [0.3, 0.4) is 0 Å². The van der Waals surface area contributed by atoms with E-state index in [9.17, 15) is 18.0 Å². The van der Waals surface area contributed by atoms with Gasteiger partial charge in [-0.1, -0.05) is 48.5 Å². The molecule has 0 saturated carbocycles. The van der Waals surface area contributed by atoms with E-state index in [2.05, 4.69) is 0 Å². The van der Waals surface area contributed by atoms with Crippen LogP contribution in [-0.4, -0.2) is 49.7 Å². The maximum Gasteiger partial charge on any atom is 0.349 e. The highest BCUT2D eigenvalue weighted by atomic mass is 32.2. The number of para-hydroxylation sites is 1. The molecule has 0 radical (unpaired) electrons. The highest BCUT2D eigenvalue weighted by molar-refractivity contribution is 7.89. The molecule has 1 fully saturated rings. The molecular weight excluding hydrogens is 428 g/mol. The predicted octanol–water partition coefficient (Wildman–Crippen LogP) is 3.09. The van der Waals surface area contributed by atoms with Crippen molar-refractivity contribution in [3.63, 3.8) is 0 Å². The van der Waals surface area contributed by atoms with E-state index in [1.165, 1.54) is 15.3 Å². The fourth-order valence-corrected chi connectivity index (χ4v) is 5.45. The monoisotopic (exact) mass is 448 g/mol. The molecule has 1 amide bonds. The highest BCUT2D eigenvalue weighted by Gasteiger charge is 2.31. The van der Waals surface area contributed by atoms with Crippen LogP contribution in [0.4, 0.5) is 0 Å². The van der Waals surface area contributed by atoms with Gasteiger partial charge in [-0.25, -0.2) is 13.2 Å². The maximum atomic E-state index is 13.1. The topological polar surface area (TPSA) is 87.9 Å². The van der Waals surface area contributed by atoms with Crippen molar-refractivity contribution in [2.24, 2.45) is 0 Å². The summed E-state index contributed by atoms with van der Waals surface area (Å²) in [4.78, 5) is 27.0. The summed E-state index contributed by atoms with van der Waals surface area (Å²) in [7, 11) is -3.69. The van der Waals surface area contributed by atoms with E-state index >= 15 is 0 Å². The minimum atomic E-state index is -3.69. The van der Waals surface area contributed by atoms with Crippen molar-refractivity contribution in [1.29, 1.82) is 0 Å². The molecule has 7 nitrogen and oxygen atoms in total. The number of rotatable bonds is 3. The van der Waals surface area contributed by atoms with Crippen molar-refractivity contribution < 1.29 is 17.6 Å². The molecule has 3 aromatic carbocycles. The fourth-order valence-electron chi connectivity index (χ4n) is 3.99. The lowest BCUT2D eigenvalue weighted by Crippen LogP contribution is -2.51. The van der Waals surface area contributed by atoms with Gasteiger partial charge in [-0.2, -0.15) is 4.31 Å². The zero-order valence-corrected chi connectivity index (χ0v) is 17.9. The number of amides is 1. The third kappa shape index (κ3) is 3.57. The lowest BCUT2D eigenvalue weighted by molar-refractivity contribution is 0.0694. The molecular formula is C24H20N2O5S. The van der Waals surface area contributed by atoms with Gasteiger partial charge >= 0.3 is 5.63 Å². The molecule has 4 aromatic rings. The first-order valence-corrected chi connectivity index (χ1v) is 11.7. The second-order valence-corrected chi connectivity index (χ2v) is 9.63. The second kappa shape index (κ2) is 7.89. The molecule has 2 heterocycles. The Hall–Kier alpha value is -3.49. The maximum absolute atomic E-state index is 13.1. The Bertz CT molecular complexity index is 1500. The van der Waals surface area contributed by atoms with E-state index in [0.29, 0.717) is 11.0 Å². The molecule has 0 bridgehead atoms. The van der Waals surface area contributed by atoms with E-state index in [-0.39, 0.29) is 36.6 Å². The first kappa shape index (κ1) is 20.4. The predicted molar refractivity (Wildman–Crippen MR) is 121 cm³/mol. The van der Waals surface area contributed by atoms with E-state index in [1.54, 1.807) is 42.5 Å². The van der Waals surface area contributed by atoms with Gasteiger partial charge in [-0.15, -0.1) is 0 Å². The summed E-state index contributed by atoms with van der Waals surface area (Å²) in [5.74, 6) is -0.452. The minimum Gasteiger partial charge on any atom is -0.422 e. The van der Waals surface area contributed by atoms with Gasteiger partial charge in [0, 0.05) is 31.6 Å². The lowest BCUT2D eigenvalue weighted by atomic mass is 10.1. The molecule has 0 aliphatic carbocycles. The Balaban J connectivity index is 1.34.